The Morgan fingerprint density at radius 3 is 2.04 bits per heavy atom. The first-order valence-electron chi connectivity index (χ1n) is 9.93. The van der Waals surface area contributed by atoms with Crippen LogP contribution in [0.2, 0.25) is 0 Å². The fourth-order valence-corrected chi connectivity index (χ4v) is 5.69. The first-order chi connectivity index (χ1) is 11.7. The second-order valence-corrected chi connectivity index (χ2v) is 9.10. The van der Waals surface area contributed by atoms with Crippen molar-refractivity contribution in [1.82, 2.24) is 9.21 Å². The number of nitrogens with zero attached hydrogens (tertiary/aromatic N) is 2. The second kappa shape index (κ2) is 7.01. The van der Waals surface area contributed by atoms with Gasteiger partial charge in [-0.25, -0.2) is 0 Å². The Morgan fingerprint density at radius 2 is 1.42 bits per heavy atom. The summed E-state index contributed by atoms with van der Waals surface area (Å²) in [6.45, 7) is 5.01. The van der Waals surface area contributed by atoms with Gasteiger partial charge < -0.3 is 0 Å². The van der Waals surface area contributed by atoms with Crippen molar-refractivity contribution in [1.29, 1.82) is 0 Å². The van der Waals surface area contributed by atoms with Gasteiger partial charge in [0.05, 0.1) is 0 Å². The highest BCUT2D eigenvalue weighted by molar-refractivity contribution is 7.77. The molecule has 0 amide bonds. The molecule has 3 heteroatoms. The zero-order valence-corrected chi connectivity index (χ0v) is 15.8. The van der Waals surface area contributed by atoms with E-state index >= 15 is 0 Å². The van der Waals surface area contributed by atoms with Crippen LogP contribution < -0.4 is 0 Å². The SMILES string of the molecule is SN1CCC2(CC1)CCC(Cc1ccccc1)(N1CCCC1)CC2. The zero-order valence-electron chi connectivity index (χ0n) is 14.9. The smallest absolute Gasteiger partial charge is 0.0250 e. The molecule has 3 aliphatic rings. The van der Waals surface area contributed by atoms with E-state index in [0.717, 1.165) is 0 Å². The number of thiol groups is 1. The molecule has 1 spiro atoms. The van der Waals surface area contributed by atoms with Crippen molar-refractivity contribution < 1.29 is 0 Å². The Hall–Kier alpha value is -0.510. The Kier molecular flexibility index (Phi) is 4.95. The Labute approximate surface area is 153 Å². The van der Waals surface area contributed by atoms with Gasteiger partial charge in [0.15, 0.2) is 0 Å². The minimum absolute atomic E-state index is 0.432. The average Bonchev–Trinajstić information content (AvgIpc) is 3.16. The van der Waals surface area contributed by atoms with Crippen molar-refractivity contribution in [3.63, 3.8) is 0 Å². The monoisotopic (exact) mass is 344 g/mol. The maximum Gasteiger partial charge on any atom is 0.0250 e. The summed E-state index contributed by atoms with van der Waals surface area (Å²) >= 11 is 4.56. The van der Waals surface area contributed by atoms with E-state index in [2.05, 4.69) is 52.4 Å². The Bertz CT molecular complexity index is 520. The molecule has 0 radical (unpaired) electrons. The number of rotatable bonds is 3. The van der Waals surface area contributed by atoms with Crippen LogP contribution >= 0.6 is 12.8 Å². The lowest BCUT2D eigenvalue weighted by Gasteiger charge is -2.53. The topological polar surface area (TPSA) is 6.48 Å². The number of hydrogen-bond donors (Lipinski definition) is 1. The maximum atomic E-state index is 4.56. The van der Waals surface area contributed by atoms with Crippen LogP contribution in [-0.4, -0.2) is 40.9 Å². The fourth-order valence-electron chi connectivity index (χ4n) is 5.49. The molecule has 0 atom stereocenters. The minimum atomic E-state index is 0.432. The number of hydrogen-bond acceptors (Lipinski definition) is 3. The van der Waals surface area contributed by atoms with E-state index in [1.807, 2.05) is 0 Å². The first-order valence-corrected chi connectivity index (χ1v) is 10.3. The van der Waals surface area contributed by atoms with Crippen LogP contribution in [0.3, 0.4) is 0 Å². The molecule has 0 bridgehead atoms. The molecule has 1 aliphatic carbocycles. The Morgan fingerprint density at radius 1 is 0.792 bits per heavy atom. The minimum Gasteiger partial charge on any atom is -0.297 e. The molecule has 2 aliphatic heterocycles. The predicted molar refractivity (Wildman–Crippen MR) is 104 cm³/mol. The van der Waals surface area contributed by atoms with Crippen molar-refractivity contribution in [3.05, 3.63) is 35.9 Å². The molecule has 0 N–H and O–H groups in total. The molecule has 24 heavy (non-hydrogen) atoms. The van der Waals surface area contributed by atoms with E-state index in [9.17, 15) is 0 Å². The van der Waals surface area contributed by atoms with Crippen molar-refractivity contribution in [2.45, 2.75) is 63.3 Å². The van der Waals surface area contributed by atoms with Gasteiger partial charge in [0, 0.05) is 18.6 Å². The van der Waals surface area contributed by atoms with E-state index in [1.165, 1.54) is 89.5 Å². The summed E-state index contributed by atoms with van der Waals surface area (Å²) in [5, 5.41) is 0. The largest absolute Gasteiger partial charge is 0.297 e. The zero-order chi connectivity index (χ0) is 16.5. The van der Waals surface area contributed by atoms with Crippen LogP contribution in [0.4, 0.5) is 0 Å². The van der Waals surface area contributed by atoms with Crippen molar-refractivity contribution in [3.8, 4) is 0 Å². The summed E-state index contributed by atoms with van der Waals surface area (Å²) in [6.07, 6.45) is 12.4. The molecule has 2 saturated heterocycles. The maximum absolute atomic E-state index is 4.56. The van der Waals surface area contributed by atoms with E-state index in [0.29, 0.717) is 11.0 Å². The first kappa shape index (κ1) is 16.9. The molecule has 0 unspecified atom stereocenters. The predicted octanol–water partition coefficient (Wildman–Crippen LogP) is 4.56. The molecule has 2 nitrogen and oxygen atoms in total. The third kappa shape index (κ3) is 3.40. The molecular weight excluding hydrogens is 312 g/mol. The van der Waals surface area contributed by atoms with Crippen molar-refractivity contribution in [2.75, 3.05) is 26.2 Å². The van der Waals surface area contributed by atoms with Crippen molar-refractivity contribution in [2.24, 2.45) is 5.41 Å². The van der Waals surface area contributed by atoms with Gasteiger partial charge in [-0.2, -0.15) is 0 Å². The van der Waals surface area contributed by atoms with Crippen LogP contribution in [0.25, 0.3) is 0 Å². The highest BCUT2D eigenvalue weighted by atomic mass is 32.1. The number of piperidine rings is 1. The van der Waals surface area contributed by atoms with Gasteiger partial charge in [-0.3, -0.25) is 9.21 Å². The van der Waals surface area contributed by atoms with E-state index in [1.54, 1.807) is 0 Å². The van der Waals surface area contributed by atoms with E-state index < -0.39 is 0 Å². The van der Waals surface area contributed by atoms with Gasteiger partial charge in [0.25, 0.3) is 0 Å². The lowest BCUT2D eigenvalue weighted by atomic mass is 9.62. The molecule has 3 fully saturated rings. The van der Waals surface area contributed by atoms with Gasteiger partial charge in [-0.05, 0) is 81.9 Å². The van der Waals surface area contributed by atoms with E-state index in [-0.39, 0.29) is 0 Å². The van der Waals surface area contributed by atoms with E-state index in [4.69, 9.17) is 0 Å². The third-order valence-electron chi connectivity index (χ3n) is 7.19. The molecule has 2 heterocycles. The molecule has 1 saturated carbocycles. The van der Waals surface area contributed by atoms with Crippen LogP contribution in [-0.2, 0) is 6.42 Å². The summed E-state index contributed by atoms with van der Waals surface area (Å²) in [4.78, 5) is 2.86. The molecule has 1 aromatic rings. The van der Waals surface area contributed by atoms with Crippen LogP contribution in [0.1, 0.15) is 56.9 Å². The van der Waals surface area contributed by atoms with Gasteiger partial charge in [-0.15, -0.1) is 0 Å². The molecule has 132 valence electrons. The average molecular weight is 345 g/mol. The standard InChI is InChI=1S/C21H32N2S/c24-23-16-12-20(13-17-23)8-10-21(11-9-20,22-14-4-5-15-22)18-19-6-2-1-3-7-19/h1-3,6-7,24H,4-5,8-18H2. The van der Waals surface area contributed by atoms with Gasteiger partial charge in [-0.1, -0.05) is 43.1 Å². The summed E-state index contributed by atoms with van der Waals surface area (Å²) in [6, 6.07) is 11.2. The second-order valence-electron chi connectivity index (χ2n) is 8.53. The lowest BCUT2D eigenvalue weighted by Crippen LogP contribution is -2.54. The molecule has 1 aromatic carbocycles. The summed E-state index contributed by atoms with van der Waals surface area (Å²) in [5.41, 5.74) is 2.59. The lowest BCUT2D eigenvalue weighted by molar-refractivity contribution is 0.000809. The Balaban J connectivity index is 1.50. The number of likely N-dealkylation sites (tertiary alicyclic amines) is 1. The van der Waals surface area contributed by atoms with Crippen LogP contribution in [0.5, 0.6) is 0 Å². The van der Waals surface area contributed by atoms with Gasteiger partial charge in [0.2, 0.25) is 0 Å². The fraction of sp³-hybridized carbons (Fsp3) is 0.714. The van der Waals surface area contributed by atoms with Crippen LogP contribution in [0.15, 0.2) is 30.3 Å². The summed E-state index contributed by atoms with van der Waals surface area (Å²) in [5.74, 6) is 0. The highest BCUT2D eigenvalue weighted by Crippen LogP contribution is 2.50. The van der Waals surface area contributed by atoms with Crippen LogP contribution in [0, 0.1) is 5.41 Å². The number of benzene rings is 1. The van der Waals surface area contributed by atoms with Gasteiger partial charge >= 0.3 is 0 Å². The molecule has 0 aromatic heterocycles. The van der Waals surface area contributed by atoms with Gasteiger partial charge in [0.1, 0.15) is 0 Å². The molecular formula is C21H32N2S. The quantitative estimate of drug-likeness (QED) is 0.803. The summed E-state index contributed by atoms with van der Waals surface area (Å²) < 4.78 is 2.22. The third-order valence-corrected chi connectivity index (χ3v) is 7.59. The summed E-state index contributed by atoms with van der Waals surface area (Å²) in [7, 11) is 0. The molecule has 4 rings (SSSR count). The highest BCUT2D eigenvalue weighted by Gasteiger charge is 2.46. The normalized spacial score (nSPS) is 27.5. The van der Waals surface area contributed by atoms with Crippen molar-refractivity contribution >= 4 is 12.8 Å².